The molecule has 0 aliphatic heterocycles. The molecule has 5 nitrogen and oxygen atoms in total. The summed E-state index contributed by atoms with van der Waals surface area (Å²) in [5, 5.41) is 3.15. The van der Waals surface area contributed by atoms with Crippen LogP contribution in [0.3, 0.4) is 0 Å². The van der Waals surface area contributed by atoms with E-state index in [1.54, 1.807) is 18.2 Å². The molecule has 21 heavy (non-hydrogen) atoms. The van der Waals surface area contributed by atoms with Gasteiger partial charge in [0.05, 0.1) is 11.9 Å². The summed E-state index contributed by atoms with van der Waals surface area (Å²) < 4.78 is 24.8. The van der Waals surface area contributed by atoms with Crippen molar-refractivity contribution in [2.45, 2.75) is 26.2 Å². The Bertz CT molecular complexity index is 575. The quantitative estimate of drug-likeness (QED) is 0.743. The van der Waals surface area contributed by atoms with Crippen LogP contribution in [0.5, 0.6) is 0 Å². The van der Waals surface area contributed by atoms with Crippen molar-refractivity contribution >= 4 is 33.2 Å². The fourth-order valence-corrected chi connectivity index (χ4v) is 2.85. The Kier molecular flexibility index (Phi) is 6.98. The number of anilines is 1. The number of halogens is 1. The number of unbranched alkanes of at least 4 members (excludes halogenated alkanes) is 2. The molecular formula is C14H21ClN2O3S. The first-order valence-corrected chi connectivity index (χ1v) is 9.07. The van der Waals surface area contributed by atoms with Crippen molar-refractivity contribution in [3.05, 3.63) is 29.3 Å². The van der Waals surface area contributed by atoms with Gasteiger partial charge in [-0.1, -0.05) is 37.4 Å². The Balaban J connectivity index is 2.75. The summed E-state index contributed by atoms with van der Waals surface area (Å²) in [4.78, 5) is 11.9. The third-order valence-corrected chi connectivity index (χ3v) is 4.26. The highest BCUT2D eigenvalue weighted by atomic mass is 35.5. The van der Waals surface area contributed by atoms with E-state index in [4.69, 9.17) is 11.6 Å². The summed E-state index contributed by atoms with van der Waals surface area (Å²) in [7, 11) is -3.55. The predicted molar refractivity (Wildman–Crippen MR) is 86.2 cm³/mol. The molecule has 0 heterocycles. The molecular weight excluding hydrogens is 312 g/mol. The van der Waals surface area contributed by atoms with E-state index >= 15 is 0 Å². The first-order valence-electron chi connectivity index (χ1n) is 6.84. The lowest BCUT2D eigenvalue weighted by Gasteiger charge is -2.22. The first kappa shape index (κ1) is 17.8. The number of sulfonamides is 1. The molecule has 0 atom stereocenters. The van der Waals surface area contributed by atoms with Crippen LogP contribution in [0.2, 0.25) is 5.02 Å². The number of benzene rings is 1. The van der Waals surface area contributed by atoms with E-state index in [1.807, 2.05) is 0 Å². The lowest BCUT2D eigenvalue weighted by Crippen LogP contribution is -2.40. The smallest absolute Gasteiger partial charge is 0.240 e. The van der Waals surface area contributed by atoms with Gasteiger partial charge in [0.1, 0.15) is 6.54 Å². The van der Waals surface area contributed by atoms with Crippen molar-refractivity contribution < 1.29 is 13.2 Å². The van der Waals surface area contributed by atoms with E-state index in [9.17, 15) is 13.2 Å². The van der Waals surface area contributed by atoms with Crippen molar-refractivity contribution in [3.8, 4) is 0 Å². The summed E-state index contributed by atoms with van der Waals surface area (Å²) in [6.45, 7) is 2.39. The summed E-state index contributed by atoms with van der Waals surface area (Å²) in [5.74, 6) is -0.323. The minimum atomic E-state index is -3.55. The van der Waals surface area contributed by atoms with Gasteiger partial charge >= 0.3 is 0 Å². The topological polar surface area (TPSA) is 66.5 Å². The zero-order valence-corrected chi connectivity index (χ0v) is 13.9. The maximum absolute atomic E-state index is 11.9. The monoisotopic (exact) mass is 332 g/mol. The normalized spacial score (nSPS) is 11.2. The Hall–Kier alpha value is -1.27. The molecule has 1 aromatic rings. The number of nitrogens with zero attached hydrogens (tertiary/aromatic N) is 1. The lowest BCUT2D eigenvalue weighted by molar-refractivity contribution is -0.119. The molecule has 0 aliphatic rings. The zero-order chi connectivity index (χ0) is 15.9. The highest BCUT2D eigenvalue weighted by Crippen LogP contribution is 2.21. The molecule has 0 saturated carbocycles. The van der Waals surface area contributed by atoms with Crippen LogP contribution in [0.25, 0.3) is 0 Å². The highest BCUT2D eigenvalue weighted by Gasteiger charge is 2.20. The summed E-state index contributed by atoms with van der Waals surface area (Å²) in [5.41, 5.74) is 0.383. The van der Waals surface area contributed by atoms with Crippen LogP contribution in [0.4, 0.5) is 5.69 Å². The predicted octanol–water partition coefficient (Wildman–Crippen LogP) is 2.41. The molecule has 1 amide bonds. The van der Waals surface area contributed by atoms with Crippen LogP contribution < -0.4 is 9.62 Å². The maximum Gasteiger partial charge on any atom is 0.240 e. The molecule has 0 bridgehead atoms. The first-order chi connectivity index (χ1) is 9.84. The van der Waals surface area contributed by atoms with Gasteiger partial charge < -0.3 is 5.32 Å². The number of amides is 1. The Morgan fingerprint density at radius 2 is 2.05 bits per heavy atom. The van der Waals surface area contributed by atoms with E-state index in [0.717, 1.165) is 29.8 Å². The van der Waals surface area contributed by atoms with Gasteiger partial charge in [0.2, 0.25) is 15.9 Å². The van der Waals surface area contributed by atoms with Crippen molar-refractivity contribution in [1.29, 1.82) is 0 Å². The van der Waals surface area contributed by atoms with E-state index in [2.05, 4.69) is 12.2 Å². The fourth-order valence-electron chi connectivity index (χ4n) is 1.82. The van der Waals surface area contributed by atoms with Gasteiger partial charge in [0.25, 0.3) is 0 Å². The van der Waals surface area contributed by atoms with Crippen molar-refractivity contribution in [2.75, 3.05) is 23.7 Å². The van der Waals surface area contributed by atoms with Gasteiger partial charge in [-0.25, -0.2) is 8.42 Å². The number of hydrogen-bond donors (Lipinski definition) is 1. The molecule has 118 valence electrons. The van der Waals surface area contributed by atoms with E-state index < -0.39 is 10.0 Å². The second kappa shape index (κ2) is 8.24. The standard InChI is InChI=1S/C14H21ClN2O3S/c1-3-4-5-9-16-14(18)11-17(21(2,19)20)13-8-6-7-12(15)10-13/h6-8,10H,3-5,9,11H2,1-2H3,(H,16,18). The second-order valence-electron chi connectivity index (χ2n) is 4.81. The number of nitrogens with one attached hydrogen (secondary N) is 1. The fraction of sp³-hybridized carbons (Fsp3) is 0.500. The summed E-state index contributed by atoms with van der Waals surface area (Å²) >= 11 is 5.87. The summed E-state index contributed by atoms with van der Waals surface area (Å²) in [6.07, 6.45) is 4.05. The third kappa shape index (κ3) is 6.35. The second-order valence-corrected chi connectivity index (χ2v) is 7.15. The van der Waals surface area contributed by atoms with Gasteiger partial charge in [-0.3, -0.25) is 9.10 Å². The van der Waals surface area contributed by atoms with Crippen molar-refractivity contribution in [3.63, 3.8) is 0 Å². The largest absolute Gasteiger partial charge is 0.355 e. The molecule has 0 fully saturated rings. The number of hydrogen-bond acceptors (Lipinski definition) is 3. The van der Waals surface area contributed by atoms with Crippen LogP contribution in [-0.2, 0) is 14.8 Å². The van der Waals surface area contributed by atoms with E-state index in [0.29, 0.717) is 17.3 Å². The molecule has 0 aliphatic carbocycles. The minimum absolute atomic E-state index is 0.245. The van der Waals surface area contributed by atoms with Gasteiger partial charge in [0.15, 0.2) is 0 Å². The Morgan fingerprint density at radius 1 is 1.33 bits per heavy atom. The molecule has 7 heteroatoms. The van der Waals surface area contributed by atoms with Crippen LogP contribution in [0.15, 0.2) is 24.3 Å². The molecule has 0 spiro atoms. The average Bonchev–Trinajstić information content (AvgIpc) is 2.40. The number of rotatable bonds is 8. The molecule has 0 saturated heterocycles. The molecule has 0 radical (unpaired) electrons. The Morgan fingerprint density at radius 3 is 2.62 bits per heavy atom. The maximum atomic E-state index is 11.9. The van der Waals surface area contributed by atoms with Gasteiger partial charge in [-0.15, -0.1) is 0 Å². The number of carbonyl (C=O) groups excluding carboxylic acids is 1. The third-order valence-electron chi connectivity index (χ3n) is 2.89. The average molecular weight is 333 g/mol. The van der Waals surface area contributed by atoms with Crippen molar-refractivity contribution in [1.82, 2.24) is 5.32 Å². The van der Waals surface area contributed by atoms with Crippen LogP contribution in [0, 0.1) is 0 Å². The van der Waals surface area contributed by atoms with Crippen molar-refractivity contribution in [2.24, 2.45) is 0 Å². The Labute approximate surface area is 131 Å². The molecule has 0 aromatic heterocycles. The highest BCUT2D eigenvalue weighted by molar-refractivity contribution is 7.92. The van der Waals surface area contributed by atoms with Crippen LogP contribution in [-0.4, -0.2) is 33.7 Å². The number of carbonyl (C=O) groups is 1. The van der Waals surface area contributed by atoms with Gasteiger partial charge in [0, 0.05) is 11.6 Å². The minimum Gasteiger partial charge on any atom is -0.355 e. The molecule has 0 unspecified atom stereocenters. The van der Waals surface area contributed by atoms with Gasteiger partial charge in [-0.05, 0) is 24.6 Å². The van der Waals surface area contributed by atoms with E-state index in [-0.39, 0.29) is 12.5 Å². The van der Waals surface area contributed by atoms with E-state index in [1.165, 1.54) is 6.07 Å². The molecule has 1 rings (SSSR count). The van der Waals surface area contributed by atoms with Crippen LogP contribution in [0.1, 0.15) is 26.2 Å². The SMILES string of the molecule is CCCCCNC(=O)CN(c1cccc(Cl)c1)S(C)(=O)=O. The van der Waals surface area contributed by atoms with Crippen LogP contribution >= 0.6 is 11.6 Å². The summed E-state index contributed by atoms with van der Waals surface area (Å²) in [6, 6.07) is 6.43. The van der Waals surface area contributed by atoms with Gasteiger partial charge in [-0.2, -0.15) is 0 Å². The molecule has 1 N–H and O–H groups in total. The lowest BCUT2D eigenvalue weighted by atomic mass is 10.2. The zero-order valence-electron chi connectivity index (χ0n) is 12.3. The molecule has 1 aromatic carbocycles.